The van der Waals surface area contributed by atoms with E-state index in [2.05, 4.69) is 15.4 Å². The third-order valence-electron chi connectivity index (χ3n) is 4.20. The normalized spacial score (nSPS) is 15.4. The number of halogens is 1. The number of carbonyl (C=O) groups is 1. The van der Waals surface area contributed by atoms with Crippen LogP contribution in [-0.2, 0) is 10.0 Å². The maximum absolute atomic E-state index is 12.4. The minimum absolute atomic E-state index is 0.0888. The van der Waals surface area contributed by atoms with Gasteiger partial charge in [-0.3, -0.25) is 9.52 Å². The number of anilines is 1. The molecule has 0 radical (unpaired) electrons. The quantitative estimate of drug-likeness (QED) is 0.728. The fourth-order valence-corrected chi connectivity index (χ4v) is 3.94. The van der Waals surface area contributed by atoms with E-state index in [0.717, 1.165) is 25.9 Å². The largest absolute Gasteiger partial charge is 0.349 e. The summed E-state index contributed by atoms with van der Waals surface area (Å²) in [5, 5.41) is 6.75. The van der Waals surface area contributed by atoms with Gasteiger partial charge >= 0.3 is 0 Å². The van der Waals surface area contributed by atoms with Crippen molar-refractivity contribution in [3.05, 3.63) is 59.1 Å². The fraction of sp³-hybridized carbons (Fsp3) is 0.278. The monoisotopic (exact) mass is 393 g/mol. The molecular weight excluding hydrogens is 374 g/mol. The van der Waals surface area contributed by atoms with E-state index in [1.165, 1.54) is 24.3 Å². The summed E-state index contributed by atoms with van der Waals surface area (Å²) in [7, 11) is -3.73. The molecule has 26 heavy (non-hydrogen) atoms. The number of benzene rings is 2. The predicted molar refractivity (Wildman–Crippen MR) is 102 cm³/mol. The highest BCUT2D eigenvalue weighted by Crippen LogP contribution is 2.19. The molecule has 3 N–H and O–H groups in total. The van der Waals surface area contributed by atoms with Crippen LogP contribution in [-0.4, -0.2) is 33.5 Å². The van der Waals surface area contributed by atoms with Gasteiger partial charge in [0.25, 0.3) is 15.9 Å². The van der Waals surface area contributed by atoms with Crippen molar-refractivity contribution >= 4 is 33.2 Å². The van der Waals surface area contributed by atoms with Crippen LogP contribution in [0.1, 0.15) is 23.2 Å². The molecule has 1 aliphatic rings. The van der Waals surface area contributed by atoms with Gasteiger partial charge in [-0.15, -0.1) is 0 Å². The number of hydrogen-bond donors (Lipinski definition) is 3. The second-order valence-electron chi connectivity index (χ2n) is 6.13. The zero-order valence-corrected chi connectivity index (χ0v) is 15.6. The van der Waals surface area contributed by atoms with Crippen LogP contribution >= 0.6 is 11.6 Å². The first-order chi connectivity index (χ1) is 12.4. The minimum atomic E-state index is -3.73. The van der Waals surface area contributed by atoms with Crippen molar-refractivity contribution in [3.8, 4) is 0 Å². The zero-order chi connectivity index (χ0) is 18.6. The molecule has 1 fully saturated rings. The Labute approximate surface area is 158 Å². The molecule has 6 nitrogen and oxygen atoms in total. The molecule has 0 atom stereocenters. The van der Waals surface area contributed by atoms with E-state index in [9.17, 15) is 13.2 Å². The molecule has 8 heteroatoms. The maximum Gasteiger partial charge on any atom is 0.261 e. The summed E-state index contributed by atoms with van der Waals surface area (Å²) in [6.45, 7) is 1.77. The predicted octanol–water partition coefficient (Wildman–Crippen LogP) is 2.62. The van der Waals surface area contributed by atoms with Gasteiger partial charge in [0.2, 0.25) is 0 Å². The van der Waals surface area contributed by atoms with E-state index < -0.39 is 10.0 Å². The van der Waals surface area contributed by atoms with Crippen LogP contribution < -0.4 is 15.4 Å². The number of piperidine rings is 1. The molecule has 0 unspecified atom stereocenters. The van der Waals surface area contributed by atoms with Gasteiger partial charge in [0.1, 0.15) is 0 Å². The summed E-state index contributed by atoms with van der Waals surface area (Å²) in [4.78, 5) is 12.4. The van der Waals surface area contributed by atoms with Crippen LogP contribution in [0.15, 0.2) is 53.4 Å². The lowest BCUT2D eigenvalue weighted by molar-refractivity contribution is 0.0929. The van der Waals surface area contributed by atoms with E-state index in [1.54, 1.807) is 24.3 Å². The molecule has 3 rings (SSSR count). The number of nitrogens with one attached hydrogen (secondary N) is 3. The SMILES string of the molecule is O=C(NC1CCNCC1)c1ccc(S(=O)(=O)Nc2ccc(Cl)cc2)cc1. The van der Waals surface area contributed by atoms with Crippen molar-refractivity contribution in [2.45, 2.75) is 23.8 Å². The van der Waals surface area contributed by atoms with Gasteiger partial charge in [-0.1, -0.05) is 11.6 Å². The van der Waals surface area contributed by atoms with E-state index in [1.807, 2.05) is 0 Å². The first-order valence-corrected chi connectivity index (χ1v) is 10.2. The number of amides is 1. The Morgan fingerprint density at radius 3 is 2.23 bits per heavy atom. The van der Waals surface area contributed by atoms with Crippen LogP contribution in [0.3, 0.4) is 0 Å². The minimum Gasteiger partial charge on any atom is -0.349 e. The Hall–Kier alpha value is -2.09. The van der Waals surface area contributed by atoms with Crippen molar-refractivity contribution in [2.24, 2.45) is 0 Å². The molecule has 138 valence electrons. The standard InChI is InChI=1S/C18H20ClN3O3S/c19-14-3-5-16(6-4-14)22-26(24,25)17-7-1-13(2-8-17)18(23)21-15-9-11-20-12-10-15/h1-8,15,20,22H,9-12H2,(H,21,23). The summed E-state index contributed by atoms with van der Waals surface area (Å²) in [6.07, 6.45) is 1.78. The number of hydrogen-bond acceptors (Lipinski definition) is 4. The van der Waals surface area contributed by atoms with Gasteiger partial charge in [0.15, 0.2) is 0 Å². The fourth-order valence-electron chi connectivity index (χ4n) is 2.75. The molecule has 0 aliphatic carbocycles. The number of carbonyl (C=O) groups excluding carboxylic acids is 1. The lowest BCUT2D eigenvalue weighted by Crippen LogP contribution is -2.42. The smallest absolute Gasteiger partial charge is 0.261 e. The van der Waals surface area contributed by atoms with Crippen LogP contribution in [0.25, 0.3) is 0 Å². The maximum atomic E-state index is 12.4. The van der Waals surface area contributed by atoms with E-state index >= 15 is 0 Å². The Bertz CT molecular complexity index is 862. The highest BCUT2D eigenvalue weighted by molar-refractivity contribution is 7.92. The Balaban J connectivity index is 1.67. The molecule has 1 saturated heterocycles. The van der Waals surface area contributed by atoms with Gasteiger partial charge in [0.05, 0.1) is 4.90 Å². The molecule has 1 amide bonds. The molecule has 2 aromatic rings. The molecule has 0 bridgehead atoms. The summed E-state index contributed by atoms with van der Waals surface area (Å²) in [5.74, 6) is -0.188. The average Bonchev–Trinajstić information content (AvgIpc) is 2.64. The van der Waals surface area contributed by atoms with E-state index in [4.69, 9.17) is 11.6 Å². The van der Waals surface area contributed by atoms with Crippen molar-refractivity contribution in [3.63, 3.8) is 0 Å². The number of rotatable bonds is 5. The molecule has 0 saturated carbocycles. The van der Waals surface area contributed by atoms with Gasteiger partial charge < -0.3 is 10.6 Å². The third kappa shape index (κ3) is 4.75. The summed E-state index contributed by atoms with van der Waals surface area (Å²) >= 11 is 5.80. The van der Waals surface area contributed by atoms with Gasteiger partial charge in [-0.25, -0.2) is 8.42 Å². The van der Waals surface area contributed by atoms with E-state index in [-0.39, 0.29) is 16.8 Å². The van der Waals surface area contributed by atoms with Crippen LogP contribution in [0, 0.1) is 0 Å². The molecule has 1 heterocycles. The lowest BCUT2D eigenvalue weighted by atomic mass is 10.1. The molecule has 0 spiro atoms. The molecule has 0 aromatic heterocycles. The lowest BCUT2D eigenvalue weighted by Gasteiger charge is -2.23. The Kier molecular flexibility index (Phi) is 5.80. The first-order valence-electron chi connectivity index (χ1n) is 8.34. The van der Waals surface area contributed by atoms with E-state index in [0.29, 0.717) is 16.3 Å². The van der Waals surface area contributed by atoms with Crippen molar-refractivity contribution in [2.75, 3.05) is 17.8 Å². The Morgan fingerprint density at radius 1 is 1.00 bits per heavy atom. The second-order valence-corrected chi connectivity index (χ2v) is 8.25. The number of sulfonamides is 1. The second kappa shape index (κ2) is 8.07. The highest BCUT2D eigenvalue weighted by Gasteiger charge is 2.18. The van der Waals surface area contributed by atoms with Crippen molar-refractivity contribution < 1.29 is 13.2 Å². The van der Waals surface area contributed by atoms with Gasteiger partial charge in [-0.2, -0.15) is 0 Å². The molecule has 1 aliphatic heterocycles. The van der Waals surface area contributed by atoms with Crippen molar-refractivity contribution in [1.29, 1.82) is 0 Å². The topological polar surface area (TPSA) is 87.3 Å². The van der Waals surface area contributed by atoms with Crippen LogP contribution in [0.4, 0.5) is 5.69 Å². The van der Waals surface area contributed by atoms with Gasteiger partial charge in [-0.05, 0) is 74.5 Å². The average molecular weight is 394 g/mol. The molecular formula is C18H20ClN3O3S. The highest BCUT2D eigenvalue weighted by atomic mass is 35.5. The Morgan fingerprint density at radius 2 is 1.62 bits per heavy atom. The molecule has 2 aromatic carbocycles. The van der Waals surface area contributed by atoms with Gasteiger partial charge in [0, 0.05) is 22.3 Å². The summed E-state index contributed by atoms with van der Waals surface area (Å²) in [5.41, 5.74) is 0.858. The van der Waals surface area contributed by atoms with Crippen molar-refractivity contribution in [1.82, 2.24) is 10.6 Å². The first kappa shape index (κ1) is 18.7. The third-order valence-corrected chi connectivity index (χ3v) is 5.85. The zero-order valence-electron chi connectivity index (χ0n) is 14.0. The summed E-state index contributed by atoms with van der Waals surface area (Å²) < 4.78 is 27.3. The van der Waals surface area contributed by atoms with Crippen LogP contribution in [0.5, 0.6) is 0 Å². The van der Waals surface area contributed by atoms with Crippen LogP contribution in [0.2, 0.25) is 5.02 Å². The summed E-state index contributed by atoms with van der Waals surface area (Å²) in [6, 6.07) is 12.4.